The quantitative estimate of drug-likeness (QED) is 0.487. The van der Waals surface area contributed by atoms with Crippen LogP contribution >= 0.6 is 0 Å². The molecule has 4 saturated carbocycles. The van der Waals surface area contributed by atoms with Gasteiger partial charge in [-0.25, -0.2) is 0 Å². The average molecular weight is 385 g/mol. The Morgan fingerprint density at radius 1 is 0.926 bits per heavy atom. The molecule has 1 nitrogen and oxygen atoms in total. The summed E-state index contributed by atoms with van der Waals surface area (Å²) in [6.07, 6.45) is 5.32. The minimum Gasteiger partial charge on any atom is -0.303 e. The van der Waals surface area contributed by atoms with Gasteiger partial charge in [0, 0.05) is 5.92 Å². The van der Waals surface area contributed by atoms with Crippen molar-refractivity contribution < 1.29 is 18.0 Å². The van der Waals surface area contributed by atoms with Gasteiger partial charge in [-0.1, -0.05) is 20.8 Å². The molecule has 154 valence electrons. The Morgan fingerprint density at radius 3 is 2.26 bits per heavy atom. The molecule has 0 N–H and O–H groups in total. The van der Waals surface area contributed by atoms with E-state index in [0.29, 0.717) is 36.5 Å². The van der Waals surface area contributed by atoms with Crippen LogP contribution in [0.3, 0.4) is 0 Å². The lowest BCUT2D eigenvalue weighted by atomic mass is 9.44. The van der Waals surface area contributed by atoms with E-state index < -0.39 is 12.1 Å². The van der Waals surface area contributed by atoms with Crippen LogP contribution in [-0.4, -0.2) is 12.5 Å². The summed E-state index contributed by atoms with van der Waals surface area (Å²) in [6.45, 7) is 6.82. The zero-order chi connectivity index (χ0) is 19.6. The van der Waals surface area contributed by atoms with Crippen LogP contribution in [0, 0.1) is 52.3 Å². The van der Waals surface area contributed by atoms with Gasteiger partial charge < -0.3 is 4.79 Å². The highest BCUT2D eigenvalue weighted by Gasteiger charge is 2.61. The topological polar surface area (TPSA) is 17.1 Å². The summed E-state index contributed by atoms with van der Waals surface area (Å²) in [7, 11) is 0. The largest absolute Gasteiger partial charge is 0.391 e. The maximum absolute atomic E-state index is 13.3. The van der Waals surface area contributed by atoms with Crippen molar-refractivity contribution in [2.45, 2.75) is 84.7 Å². The van der Waals surface area contributed by atoms with E-state index >= 15 is 0 Å². The second-order valence-corrected chi connectivity index (χ2v) is 10.9. The first-order chi connectivity index (χ1) is 12.6. The summed E-state index contributed by atoms with van der Waals surface area (Å²) in [6, 6.07) is 0. The fourth-order valence-electron chi connectivity index (χ4n) is 8.55. The number of hydrogen-bond donors (Lipinski definition) is 0. The van der Waals surface area contributed by atoms with Gasteiger partial charge in [0.1, 0.15) is 6.29 Å². The summed E-state index contributed by atoms with van der Waals surface area (Å²) >= 11 is 0. The van der Waals surface area contributed by atoms with E-state index in [0.717, 1.165) is 44.8 Å². The number of fused-ring (bicyclic) bond motifs is 5. The monoisotopic (exact) mass is 384 g/mol. The Bertz CT molecular complexity index is 587. The fraction of sp³-hybridized carbons (Fsp3) is 0.957. The van der Waals surface area contributed by atoms with Crippen LogP contribution < -0.4 is 0 Å². The Balaban J connectivity index is 1.55. The van der Waals surface area contributed by atoms with Crippen LogP contribution in [0.5, 0.6) is 0 Å². The fourth-order valence-corrected chi connectivity index (χ4v) is 8.55. The highest BCUT2D eigenvalue weighted by molar-refractivity contribution is 5.53. The van der Waals surface area contributed by atoms with E-state index in [4.69, 9.17) is 0 Å². The molecule has 0 aromatic heterocycles. The van der Waals surface area contributed by atoms with Crippen molar-refractivity contribution >= 4 is 6.29 Å². The van der Waals surface area contributed by atoms with Crippen molar-refractivity contribution in [1.29, 1.82) is 0 Å². The summed E-state index contributed by atoms with van der Waals surface area (Å²) in [4.78, 5) is 11.5. The number of halogens is 3. The lowest BCUT2D eigenvalue weighted by Crippen LogP contribution is -2.54. The third-order valence-corrected chi connectivity index (χ3v) is 10.1. The first kappa shape index (κ1) is 19.8. The Labute approximate surface area is 161 Å². The lowest BCUT2D eigenvalue weighted by molar-refractivity contribution is -0.208. The zero-order valence-corrected chi connectivity index (χ0v) is 17.0. The molecular weight excluding hydrogens is 349 g/mol. The number of alkyl halides is 3. The molecule has 4 heteroatoms. The van der Waals surface area contributed by atoms with Crippen molar-refractivity contribution in [1.82, 2.24) is 0 Å². The summed E-state index contributed by atoms with van der Waals surface area (Å²) in [5, 5.41) is 0. The number of carbonyl (C=O) groups is 1. The van der Waals surface area contributed by atoms with Crippen molar-refractivity contribution in [3.63, 3.8) is 0 Å². The molecule has 27 heavy (non-hydrogen) atoms. The normalized spacial score (nSPS) is 51.0. The van der Waals surface area contributed by atoms with Crippen LogP contribution in [0.4, 0.5) is 13.2 Å². The van der Waals surface area contributed by atoms with E-state index in [1.807, 2.05) is 0 Å². The molecule has 0 spiro atoms. The molecule has 0 bridgehead atoms. The SMILES string of the molecule is C[C@H](C=O)C1CCC2C3CCC4CC(C(F)(F)F)CC[C@]4(C)C3CCC21C. The van der Waals surface area contributed by atoms with E-state index in [-0.39, 0.29) is 22.7 Å². The van der Waals surface area contributed by atoms with Crippen LogP contribution in [0.25, 0.3) is 0 Å². The number of aldehydes is 1. The van der Waals surface area contributed by atoms with Crippen LogP contribution in [0.15, 0.2) is 0 Å². The third-order valence-electron chi connectivity index (χ3n) is 10.1. The van der Waals surface area contributed by atoms with E-state index in [1.165, 1.54) is 6.42 Å². The second kappa shape index (κ2) is 6.49. The van der Waals surface area contributed by atoms with E-state index in [1.54, 1.807) is 0 Å². The molecule has 0 aliphatic heterocycles. The molecule has 7 unspecified atom stereocenters. The minimum absolute atomic E-state index is 0.0976. The van der Waals surface area contributed by atoms with Gasteiger partial charge in [-0.3, -0.25) is 0 Å². The lowest BCUT2D eigenvalue weighted by Gasteiger charge is -2.61. The molecule has 0 radical (unpaired) electrons. The van der Waals surface area contributed by atoms with Crippen molar-refractivity contribution in [3.8, 4) is 0 Å². The highest BCUT2D eigenvalue weighted by Crippen LogP contribution is 2.68. The predicted octanol–water partition coefficient (Wildman–Crippen LogP) is 6.66. The Morgan fingerprint density at radius 2 is 1.59 bits per heavy atom. The van der Waals surface area contributed by atoms with Crippen molar-refractivity contribution in [2.75, 3.05) is 0 Å². The van der Waals surface area contributed by atoms with Gasteiger partial charge in [-0.2, -0.15) is 13.2 Å². The molecule has 4 aliphatic carbocycles. The Hall–Kier alpha value is -0.540. The number of carbonyl (C=O) groups excluding carboxylic acids is 1. The average Bonchev–Trinajstić information content (AvgIpc) is 2.96. The van der Waals surface area contributed by atoms with Crippen LogP contribution in [0.2, 0.25) is 0 Å². The molecule has 4 aliphatic rings. The standard InChI is InChI=1S/C23H35F3O/c1-14(13-27)18-6-7-19-17-5-4-15-12-16(23(24,25)26)8-10-21(15,2)20(17)9-11-22(18,19)3/h13-20H,4-12H2,1-3H3/t14-,15?,16?,17?,18?,19?,20?,21+,22?/m1/s1. The van der Waals surface area contributed by atoms with Crippen molar-refractivity contribution in [3.05, 3.63) is 0 Å². The van der Waals surface area contributed by atoms with Gasteiger partial charge in [-0.05, 0) is 98.2 Å². The van der Waals surface area contributed by atoms with Gasteiger partial charge in [-0.15, -0.1) is 0 Å². The molecule has 0 aromatic rings. The molecule has 9 atom stereocenters. The smallest absolute Gasteiger partial charge is 0.303 e. The summed E-state index contributed by atoms with van der Waals surface area (Å²) in [5.41, 5.74) is 0.355. The van der Waals surface area contributed by atoms with E-state index in [9.17, 15) is 18.0 Å². The number of rotatable bonds is 2. The minimum atomic E-state index is -4.02. The maximum atomic E-state index is 13.3. The molecule has 4 fully saturated rings. The van der Waals surface area contributed by atoms with Gasteiger partial charge in [0.05, 0.1) is 5.92 Å². The third kappa shape index (κ3) is 2.90. The van der Waals surface area contributed by atoms with E-state index in [2.05, 4.69) is 20.8 Å². The Kier molecular flexibility index (Phi) is 4.75. The zero-order valence-electron chi connectivity index (χ0n) is 17.0. The predicted molar refractivity (Wildman–Crippen MR) is 100.0 cm³/mol. The van der Waals surface area contributed by atoms with Gasteiger partial charge in [0.15, 0.2) is 0 Å². The molecule has 0 heterocycles. The van der Waals surface area contributed by atoms with Gasteiger partial charge in [0.25, 0.3) is 0 Å². The summed E-state index contributed by atoms with van der Waals surface area (Å²) < 4.78 is 39.9. The highest BCUT2D eigenvalue weighted by atomic mass is 19.4. The molecule has 0 aromatic carbocycles. The molecule has 0 amide bonds. The maximum Gasteiger partial charge on any atom is 0.391 e. The molecular formula is C23H35F3O. The van der Waals surface area contributed by atoms with Gasteiger partial charge in [0.2, 0.25) is 0 Å². The molecule has 4 rings (SSSR count). The van der Waals surface area contributed by atoms with Crippen molar-refractivity contribution in [2.24, 2.45) is 52.3 Å². The first-order valence-corrected chi connectivity index (χ1v) is 11.1. The second-order valence-electron chi connectivity index (χ2n) is 10.9. The van der Waals surface area contributed by atoms with Crippen LogP contribution in [0.1, 0.15) is 78.6 Å². The van der Waals surface area contributed by atoms with Crippen LogP contribution in [-0.2, 0) is 4.79 Å². The first-order valence-electron chi connectivity index (χ1n) is 11.1. The van der Waals surface area contributed by atoms with Gasteiger partial charge >= 0.3 is 6.18 Å². The number of hydrogen-bond acceptors (Lipinski definition) is 1. The summed E-state index contributed by atoms with van der Waals surface area (Å²) in [5.74, 6) is 1.71. The molecule has 0 saturated heterocycles.